The number of carbonyl (C=O) groups is 1. The molecular formula is C24H24F5N5O. The van der Waals surface area contributed by atoms with Crippen LogP contribution in [0.4, 0.5) is 27.6 Å². The lowest BCUT2D eigenvalue weighted by Crippen LogP contribution is -2.43. The molecule has 0 unspecified atom stereocenters. The number of amides is 1. The fourth-order valence-corrected chi connectivity index (χ4v) is 4.10. The molecule has 1 fully saturated rings. The molecule has 0 radical (unpaired) electrons. The molecule has 1 amide bonds. The molecule has 1 N–H and O–H groups in total. The van der Waals surface area contributed by atoms with Crippen LogP contribution in [0.1, 0.15) is 31.0 Å². The molecule has 0 aliphatic carbocycles. The first kappa shape index (κ1) is 24.8. The van der Waals surface area contributed by atoms with Crippen molar-refractivity contribution >= 4 is 28.2 Å². The second kappa shape index (κ2) is 9.37. The maximum atomic E-state index is 13.5. The lowest BCUT2D eigenvalue weighted by Gasteiger charge is -2.29. The summed E-state index contributed by atoms with van der Waals surface area (Å²) in [5, 5.41) is 8.45. The van der Waals surface area contributed by atoms with E-state index in [1.165, 1.54) is 23.7 Å². The van der Waals surface area contributed by atoms with Crippen LogP contribution in [0, 0.1) is 0 Å². The lowest BCUT2D eigenvalue weighted by atomic mass is 10.0. The van der Waals surface area contributed by atoms with Gasteiger partial charge in [-0.2, -0.15) is 27.1 Å². The number of aliphatic imine (C=N–C) groups is 1. The standard InChI is InChI=1S/C24H24F5N5O/c1-15(32-22(35)23(2,25)26)21(16-3-5-18(6-4-16)24(27,28)29)34-20-8-7-19(13-17(20)14-31-34)33-11-9-30-10-12-33/h3-8,13-14,21,30H,9-12H2,1-2H3/t21-/m0/s1. The van der Waals surface area contributed by atoms with Gasteiger partial charge in [-0.05, 0) is 42.8 Å². The Morgan fingerprint density at radius 3 is 2.31 bits per heavy atom. The van der Waals surface area contributed by atoms with E-state index in [4.69, 9.17) is 0 Å². The first-order chi connectivity index (χ1) is 16.4. The minimum Gasteiger partial charge on any atom is -0.369 e. The predicted molar refractivity (Wildman–Crippen MR) is 123 cm³/mol. The molecule has 2 aromatic carbocycles. The van der Waals surface area contributed by atoms with Crippen LogP contribution in [-0.4, -0.2) is 53.5 Å². The van der Waals surface area contributed by atoms with Crippen LogP contribution < -0.4 is 10.2 Å². The summed E-state index contributed by atoms with van der Waals surface area (Å²) in [7, 11) is 0. The quantitative estimate of drug-likeness (QED) is 0.414. The number of nitrogens with zero attached hydrogens (tertiary/aromatic N) is 4. The molecule has 4 rings (SSSR count). The number of carbonyl (C=O) groups excluding carboxylic acids is 1. The number of alkyl halides is 5. The number of rotatable bonds is 5. The number of fused-ring (bicyclic) bond motifs is 1. The van der Waals surface area contributed by atoms with Gasteiger partial charge in [-0.25, -0.2) is 4.99 Å². The van der Waals surface area contributed by atoms with Crippen molar-refractivity contribution in [3.63, 3.8) is 0 Å². The zero-order valence-electron chi connectivity index (χ0n) is 19.1. The van der Waals surface area contributed by atoms with E-state index < -0.39 is 29.6 Å². The first-order valence-corrected chi connectivity index (χ1v) is 11.0. The molecule has 2 heterocycles. The van der Waals surface area contributed by atoms with E-state index >= 15 is 0 Å². The summed E-state index contributed by atoms with van der Waals surface area (Å²) in [5.74, 6) is -5.32. The number of anilines is 1. The van der Waals surface area contributed by atoms with Crippen molar-refractivity contribution in [2.75, 3.05) is 31.1 Å². The van der Waals surface area contributed by atoms with Gasteiger partial charge >= 0.3 is 18.0 Å². The third-order valence-electron chi connectivity index (χ3n) is 5.91. The Morgan fingerprint density at radius 1 is 1.06 bits per heavy atom. The lowest BCUT2D eigenvalue weighted by molar-refractivity contribution is -0.139. The van der Waals surface area contributed by atoms with E-state index in [2.05, 4.69) is 20.3 Å². The molecule has 6 nitrogen and oxygen atoms in total. The Kier molecular flexibility index (Phi) is 6.63. The van der Waals surface area contributed by atoms with Gasteiger partial charge in [0.1, 0.15) is 6.04 Å². The second-order valence-electron chi connectivity index (χ2n) is 8.54. The molecule has 1 aliphatic rings. The van der Waals surface area contributed by atoms with Gasteiger partial charge in [0.2, 0.25) is 0 Å². The van der Waals surface area contributed by atoms with Crippen molar-refractivity contribution in [3.05, 3.63) is 59.8 Å². The van der Waals surface area contributed by atoms with Gasteiger partial charge in [0.15, 0.2) is 0 Å². The number of benzene rings is 2. The molecule has 1 aromatic heterocycles. The number of piperazine rings is 1. The van der Waals surface area contributed by atoms with Crippen LogP contribution in [0.5, 0.6) is 0 Å². The highest BCUT2D eigenvalue weighted by Gasteiger charge is 2.34. The van der Waals surface area contributed by atoms with Crippen molar-refractivity contribution in [1.82, 2.24) is 15.1 Å². The number of halogens is 5. The molecule has 186 valence electrons. The van der Waals surface area contributed by atoms with Gasteiger partial charge in [-0.3, -0.25) is 9.48 Å². The van der Waals surface area contributed by atoms with Crippen LogP contribution in [0.3, 0.4) is 0 Å². The fourth-order valence-electron chi connectivity index (χ4n) is 4.10. The first-order valence-electron chi connectivity index (χ1n) is 11.0. The number of aromatic nitrogens is 2. The van der Waals surface area contributed by atoms with Gasteiger partial charge < -0.3 is 10.2 Å². The summed E-state index contributed by atoms with van der Waals surface area (Å²) < 4.78 is 67.8. The average molecular weight is 493 g/mol. The van der Waals surface area contributed by atoms with E-state index in [0.717, 1.165) is 49.4 Å². The minimum absolute atomic E-state index is 0.0209. The smallest absolute Gasteiger partial charge is 0.369 e. The Balaban J connectivity index is 1.78. The van der Waals surface area contributed by atoms with Crippen molar-refractivity contribution in [2.45, 2.75) is 32.0 Å². The summed E-state index contributed by atoms with van der Waals surface area (Å²) in [4.78, 5) is 17.7. The van der Waals surface area contributed by atoms with Crippen LogP contribution in [-0.2, 0) is 11.0 Å². The Morgan fingerprint density at radius 2 is 1.71 bits per heavy atom. The van der Waals surface area contributed by atoms with E-state index in [9.17, 15) is 26.7 Å². The zero-order valence-corrected chi connectivity index (χ0v) is 19.1. The van der Waals surface area contributed by atoms with Crippen molar-refractivity contribution < 1.29 is 26.7 Å². The minimum atomic E-state index is -4.53. The SMILES string of the molecule is CC(=NC(=O)C(C)(F)F)[C@@H](c1ccc(C(F)(F)F)cc1)n1ncc2cc(N3CCNCC3)ccc21. The molecule has 35 heavy (non-hydrogen) atoms. The van der Waals surface area contributed by atoms with Gasteiger partial charge in [0.05, 0.1) is 17.3 Å². The topological polar surface area (TPSA) is 62.5 Å². The summed E-state index contributed by atoms with van der Waals surface area (Å²) in [5.41, 5.74) is 1.07. The van der Waals surface area contributed by atoms with Gasteiger partial charge in [0, 0.05) is 49.9 Å². The van der Waals surface area contributed by atoms with Crippen molar-refractivity contribution in [1.29, 1.82) is 0 Å². The normalized spacial score (nSPS) is 16.5. The van der Waals surface area contributed by atoms with Crippen LogP contribution in [0.2, 0.25) is 0 Å². The Labute approximate surface area is 198 Å². The average Bonchev–Trinajstić information content (AvgIpc) is 3.22. The van der Waals surface area contributed by atoms with Crippen molar-refractivity contribution in [2.24, 2.45) is 4.99 Å². The molecule has 0 bridgehead atoms. The van der Waals surface area contributed by atoms with Crippen LogP contribution in [0.25, 0.3) is 10.9 Å². The molecule has 0 saturated carbocycles. The highest BCUT2D eigenvalue weighted by atomic mass is 19.4. The Hall–Kier alpha value is -3.34. The fraction of sp³-hybridized carbons (Fsp3) is 0.375. The van der Waals surface area contributed by atoms with E-state index in [1.54, 1.807) is 6.20 Å². The molecule has 1 saturated heterocycles. The summed E-state index contributed by atoms with van der Waals surface area (Å²) in [6.45, 7) is 5.23. The largest absolute Gasteiger partial charge is 0.416 e. The maximum absolute atomic E-state index is 13.5. The van der Waals surface area contributed by atoms with E-state index in [-0.39, 0.29) is 5.71 Å². The molecule has 11 heteroatoms. The van der Waals surface area contributed by atoms with Gasteiger partial charge in [-0.15, -0.1) is 0 Å². The van der Waals surface area contributed by atoms with Crippen molar-refractivity contribution in [3.8, 4) is 0 Å². The van der Waals surface area contributed by atoms with Crippen LogP contribution >= 0.6 is 0 Å². The molecule has 0 spiro atoms. The third kappa shape index (κ3) is 5.34. The maximum Gasteiger partial charge on any atom is 0.416 e. The van der Waals surface area contributed by atoms with E-state index in [0.29, 0.717) is 18.0 Å². The van der Waals surface area contributed by atoms with Crippen LogP contribution in [0.15, 0.2) is 53.7 Å². The second-order valence-corrected chi connectivity index (χ2v) is 8.54. The number of hydrogen-bond donors (Lipinski definition) is 1. The van der Waals surface area contributed by atoms with Gasteiger partial charge in [-0.1, -0.05) is 12.1 Å². The highest BCUT2D eigenvalue weighted by Crippen LogP contribution is 2.32. The Bertz CT molecular complexity index is 1240. The predicted octanol–water partition coefficient (Wildman–Crippen LogP) is 4.70. The summed E-state index contributed by atoms with van der Waals surface area (Å²) in [6.07, 6.45) is -2.93. The summed E-state index contributed by atoms with van der Waals surface area (Å²) >= 11 is 0. The number of nitrogens with one attached hydrogen (secondary N) is 1. The monoisotopic (exact) mass is 493 g/mol. The zero-order chi connectivity index (χ0) is 25.4. The summed E-state index contributed by atoms with van der Waals surface area (Å²) in [6, 6.07) is 9.00. The van der Waals surface area contributed by atoms with E-state index in [1.807, 2.05) is 18.2 Å². The molecule has 1 atom stereocenters. The third-order valence-corrected chi connectivity index (χ3v) is 5.91. The highest BCUT2D eigenvalue weighted by molar-refractivity contribution is 6.01. The molecule has 3 aromatic rings. The molecular weight excluding hydrogens is 469 g/mol. The number of hydrogen-bond acceptors (Lipinski definition) is 4. The molecule has 1 aliphatic heterocycles. The van der Waals surface area contributed by atoms with Gasteiger partial charge in [0.25, 0.3) is 0 Å².